The Morgan fingerprint density at radius 2 is 1.90 bits per heavy atom. The van der Waals surface area contributed by atoms with E-state index in [0.29, 0.717) is 0 Å². The molecule has 0 radical (unpaired) electrons. The SMILES string of the molecule is Cc1cc(F)cc(O)c1C. The van der Waals surface area contributed by atoms with Crippen LogP contribution in [0.5, 0.6) is 5.75 Å². The molecule has 0 spiro atoms. The molecule has 2 heteroatoms. The first-order chi connectivity index (χ1) is 4.61. The summed E-state index contributed by atoms with van der Waals surface area (Å²) in [6.45, 7) is 3.52. The van der Waals surface area contributed by atoms with Gasteiger partial charge in [0.2, 0.25) is 0 Å². The van der Waals surface area contributed by atoms with Crippen LogP contribution in [0.2, 0.25) is 0 Å². The number of phenolic OH excluding ortho intramolecular Hbond substituents is 1. The van der Waals surface area contributed by atoms with Crippen molar-refractivity contribution in [3.05, 3.63) is 29.1 Å². The van der Waals surface area contributed by atoms with Crippen LogP contribution in [0, 0.1) is 19.7 Å². The molecule has 1 rings (SSSR count). The smallest absolute Gasteiger partial charge is 0.127 e. The van der Waals surface area contributed by atoms with Crippen molar-refractivity contribution in [1.29, 1.82) is 0 Å². The van der Waals surface area contributed by atoms with Gasteiger partial charge in [-0.15, -0.1) is 0 Å². The molecule has 1 aromatic rings. The third-order valence-electron chi connectivity index (χ3n) is 1.60. The summed E-state index contributed by atoms with van der Waals surface area (Å²) in [6, 6.07) is 2.51. The van der Waals surface area contributed by atoms with E-state index >= 15 is 0 Å². The van der Waals surface area contributed by atoms with Crippen molar-refractivity contribution in [2.24, 2.45) is 0 Å². The van der Waals surface area contributed by atoms with Gasteiger partial charge in [-0.1, -0.05) is 0 Å². The fourth-order valence-corrected chi connectivity index (χ4v) is 0.798. The number of aromatic hydroxyl groups is 1. The lowest BCUT2D eigenvalue weighted by Gasteiger charge is -2.01. The highest BCUT2D eigenvalue weighted by molar-refractivity contribution is 5.37. The van der Waals surface area contributed by atoms with Crippen molar-refractivity contribution < 1.29 is 9.50 Å². The second kappa shape index (κ2) is 2.29. The largest absolute Gasteiger partial charge is 0.508 e. The Balaban J connectivity index is 3.31. The minimum absolute atomic E-state index is 0.0255. The molecule has 0 unspecified atom stereocenters. The van der Waals surface area contributed by atoms with Crippen LogP contribution < -0.4 is 0 Å². The summed E-state index contributed by atoms with van der Waals surface area (Å²) >= 11 is 0. The van der Waals surface area contributed by atoms with E-state index in [0.717, 1.165) is 17.2 Å². The number of hydrogen-bond donors (Lipinski definition) is 1. The molecule has 1 N–H and O–H groups in total. The summed E-state index contributed by atoms with van der Waals surface area (Å²) in [5.74, 6) is -0.363. The number of halogens is 1. The molecule has 0 fully saturated rings. The zero-order chi connectivity index (χ0) is 7.72. The van der Waals surface area contributed by atoms with Gasteiger partial charge in [0.1, 0.15) is 11.6 Å². The Morgan fingerprint density at radius 1 is 1.30 bits per heavy atom. The van der Waals surface area contributed by atoms with Crippen LogP contribution in [-0.4, -0.2) is 5.11 Å². The lowest BCUT2D eigenvalue weighted by molar-refractivity contribution is 0.464. The summed E-state index contributed by atoms with van der Waals surface area (Å²) in [5, 5.41) is 9.04. The fraction of sp³-hybridized carbons (Fsp3) is 0.250. The number of benzene rings is 1. The van der Waals surface area contributed by atoms with E-state index in [2.05, 4.69) is 0 Å². The standard InChI is InChI=1S/C8H9FO/c1-5-3-7(9)4-8(10)6(5)2/h3-4,10H,1-2H3. The number of hydrogen-bond acceptors (Lipinski definition) is 1. The van der Waals surface area contributed by atoms with Crippen molar-refractivity contribution >= 4 is 0 Å². The molecule has 0 atom stereocenters. The fourth-order valence-electron chi connectivity index (χ4n) is 0.798. The van der Waals surface area contributed by atoms with Crippen LogP contribution in [0.25, 0.3) is 0 Å². The average Bonchev–Trinajstić information content (AvgIpc) is 1.82. The van der Waals surface area contributed by atoms with Crippen molar-refractivity contribution in [3.63, 3.8) is 0 Å². The van der Waals surface area contributed by atoms with Crippen molar-refractivity contribution in [1.82, 2.24) is 0 Å². The van der Waals surface area contributed by atoms with E-state index in [4.69, 9.17) is 5.11 Å². The molecule has 0 heterocycles. The Morgan fingerprint density at radius 3 is 2.40 bits per heavy atom. The molecule has 0 amide bonds. The van der Waals surface area contributed by atoms with Crippen molar-refractivity contribution in [2.45, 2.75) is 13.8 Å². The van der Waals surface area contributed by atoms with Crippen molar-refractivity contribution in [2.75, 3.05) is 0 Å². The third-order valence-corrected chi connectivity index (χ3v) is 1.60. The first-order valence-electron chi connectivity index (χ1n) is 3.07. The lowest BCUT2D eigenvalue weighted by Crippen LogP contribution is -1.83. The average molecular weight is 140 g/mol. The summed E-state index contributed by atoms with van der Waals surface area (Å²) in [5.41, 5.74) is 1.51. The van der Waals surface area contributed by atoms with Gasteiger partial charge in [-0.2, -0.15) is 0 Å². The molecule has 10 heavy (non-hydrogen) atoms. The maximum absolute atomic E-state index is 12.4. The summed E-state index contributed by atoms with van der Waals surface area (Å²) < 4.78 is 12.4. The Bertz CT molecular complexity index is 232. The molecule has 0 aromatic heterocycles. The van der Waals surface area contributed by atoms with Gasteiger partial charge in [-0.25, -0.2) is 4.39 Å². The molecule has 0 aliphatic heterocycles. The van der Waals surface area contributed by atoms with E-state index < -0.39 is 0 Å². The van der Waals surface area contributed by atoms with Gasteiger partial charge < -0.3 is 5.11 Å². The van der Waals surface area contributed by atoms with Crippen LogP contribution in [0.1, 0.15) is 11.1 Å². The third kappa shape index (κ3) is 1.10. The molecule has 54 valence electrons. The maximum Gasteiger partial charge on any atom is 0.127 e. The van der Waals surface area contributed by atoms with Gasteiger partial charge in [0.25, 0.3) is 0 Å². The molecule has 0 bridgehead atoms. The minimum Gasteiger partial charge on any atom is -0.508 e. The molecule has 1 nitrogen and oxygen atoms in total. The second-order valence-electron chi connectivity index (χ2n) is 2.37. The molecule has 0 saturated heterocycles. The quantitative estimate of drug-likeness (QED) is 0.585. The molecule has 0 saturated carbocycles. The van der Waals surface area contributed by atoms with Crippen molar-refractivity contribution in [3.8, 4) is 5.75 Å². The summed E-state index contributed by atoms with van der Waals surface area (Å²) in [4.78, 5) is 0. The van der Waals surface area contributed by atoms with Gasteiger partial charge in [0, 0.05) is 6.07 Å². The van der Waals surface area contributed by atoms with Gasteiger partial charge in [-0.05, 0) is 31.0 Å². The van der Waals surface area contributed by atoms with E-state index in [-0.39, 0.29) is 11.6 Å². The number of rotatable bonds is 0. The van der Waals surface area contributed by atoms with E-state index in [1.807, 2.05) is 0 Å². The maximum atomic E-state index is 12.4. The molecule has 0 aliphatic carbocycles. The van der Waals surface area contributed by atoms with Crippen LogP contribution in [-0.2, 0) is 0 Å². The predicted octanol–water partition coefficient (Wildman–Crippen LogP) is 2.15. The highest BCUT2D eigenvalue weighted by atomic mass is 19.1. The van der Waals surface area contributed by atoms with Gasteiger partial charge in [-0.3, -0.25) is 0 Å². The first-order valence-corrected chi connectivity index (χ1v) is 3.07. The number of phenols is 1. The molecular formula is C8H9FO. The first kappa shape index (κ1) is 7.06. The van der Waals surface area contributed by atoms with E-state index in [9.17, 15) is 4.39 Å². The topological polar surface area (TPSA) is 20.2 Å². The van der Waals surface area contributed by atoms with Crippen LogP contribution >= 0.6 is 0 Å². The minimum atomic E-state index is -0.388. The monoisotopic (exact) mass is 140 g/mol. The number of aryl methyl sites for hydroxylation is 1. The Kier molecular flexibility index (Phi) is 1.62. The highest BCUT2D eigenvalue weighted by Crippen LogP contribution is 2.20. The van der Waals surface area contributed by atoms with Crippen LogP contribution in [0.4, 0.5) is 4.39 Å². The van der Waals surface area contributed by atoms with Gasteiger partial charge >= 0.3 is 0 Å². The zero-order valence-electron chi connectivity index (χ0n) is 5.98. The normalized spacial score (nSPS) is 9.90. The summed E-state index contributed by atoms with van der Waals surface area (Å²) in [7, 11) is 0. The van der Waals surface area contributed by atoms with E-state index in [1.165, 1.54) is 6.07 Å². The van der Waals surface area contributed by atoms with E-state index in [1.54, 1.807) is 13.8 Å². The Labute approximate surface area is 59.1 Å². The molecular weight excluding hydrogens is 131 g/mol. The lowest BCUT2D eigenvalue weighted by atomic mass is 10.1. The van der Waals surface area contributed by atoms with Gasteiger partial charge in [0.15, 0.2) is 0 Å². The molecule has 0 aliphatic rings. The predicted molar refractivity (Wildman–Crippen MR) is 37.5 cm³/mol. The highest BCUT2D eigenvalue weighted by Gasteiger charge is 2.00. The van der Waals surface area contributed by atoms with Crippen LogP contribution in [0.3, 0.4) is 0 Å². The van der Waals surface area contributed by atoms with Crippen LogP contribution in [0.15, 0.2) is 12.1 Å². The Hall–Kier alpha value is -1.05. The second-order valence-corrected chi connectivity index (χ2v) is 2.37. The van der Waals surface area contributed by atoms with Gasteiger partial charge in [0.05, 0.1) is 0 Å². The summed E-state index contributed by atoms with van der Waals surface area (Å²) in [6.07, 6.45) is 0. The zero-order valence-corrected chi connectivity index (χ0v) is 5.98. The molecule has 1 aromatic carbocycles.